The summed E-state index contributed by atoms with van der Waals surface area (Å²) in [6.45, 7) is 2.10. The fourth-order valence-corrected chi connectivity index (χ4v) is 4.98. The Morgan fingerprint density at radius 2 is 2.30 bits per heavy atom. The van der Waals surface area contributed by atoms with E-state index in [1.54, 1.807) is 7.11 Å². The van der Waals surface area contributed by atoms with Gasteiger partial charge in [0.2, 0.25) is 0 Å². The zero-order valence-electron chi connectivity index (χ0n) is 15.9. The second-order valence-corrected chi connectivity index (χ2v) is 8.20. The number of hydrogen-bond donors (Lipinski definition) is 0. The molecule has 4 rings (SSSR count). The van der Waals surface area contributed by atoms with Crippen LogP contribution in [-0.4, -0.2) is 44.4 Å². The van der Waals surface area contributed by atoms with Gasteiger partial charge in [0, 0.05) is 25.1 Å². The summed E-state index contributed by atoms with van der Waals surface area (Å²) in [5, 5.41) is 0. The number of allylic oxidation sites excluding steroid dienone is 2. The normalized spacial score (nSPS) is 25.5. The van der Waals surface area contributed by atoms with Crippen molar-refractivity contribution in [2.75, 3.05) is 32.6 Å². The molecule has 0 amide bonds. The summed E-state index contributed by atoms with van der Waals surface area (Å²) in [5.41, 5.74) is 2.56. The lowest BCUT2D eigenvalue weighted by Gasteiger charge is -2.33. The van der Waals surface area contributed by atoms with Crippen LogP contribution in [0.1, 0.15) is 24.8 Å². The number of ether oxygens (including phenoxy) is 3. The van der Waals surface area contributed by atoms with Crippen molar-refractivity contribution in [3.63, 3.8) is 0 Å². The fraction of sp³-hybridized carbons (Fsp3) is 0.500. The van der Waals surface area contributed by atoms with E-state index in [0.29, 0.717) is 13.2 Å². The van der Waals surface area contributed by atoms with Crippen molar-refractivity contribution in [3.8, 4) is 5.75 Å². The molecule has 2 unspecified atom stereocenters. The van der Waals surface area contributed by atoms with E-state index in [0.717, 1.165) is 36.6 Å². The molecule has 0 aromatic heterocycles. The van der Waals surface area contributed by atoms with Crippen molar-refractivity contribution >= 4 is 17.5 Å². The van der Waals surface area contributed by atoms with Crippen LogP contribution >= 0.6 is 11.8 Å². The van der Waals surface area contributed by atoms with Gasteiger partial charge in [-0.25, -0.2) is 0 Å². The molecule has 0 radical (unpaired) electrons. The molecule has 0 bridgehead atoms. The number of aliphatic imine (C=N–C) groups is 1. The SMILES string of the molecule is COC1=CC=CC2OCC(=NCCCOc3cccc4c3SCCC4)CC12. The second kappa shape index (κ2) is 8.98. The molecule has 144 valence electrons. The van der Waals surface area contributed by atoms with E-state index in [2.05, 4.69) is 24.3 Å². The lowest BCUT2D eigenvalue weighted by molar-refractivity contribution is 0.0441. The predicted molar refractivity (Wildman–Crippen MR) is 110 cm³/mol. The third-order valence-corrected chi connectivity index (χ3v) is 6.49. The van der Waals surface area contributed by atoms with Gasteiger partial charge in [-0.3, -0.25) is 4.99 Å². The summed E-state index contributed by atoms with van der Waals surface area (Å²) in [5.74, 6) is 3.48. The van der Waals surface area contributed by atoms with Gasteiger partial charge in [-0.1, -0.05) is 24.3 Å². The van der Waals surface area contributed by atoms with Crippen molar-refractivity contribution in [2.24, 2.45) is 10.9 Å². The van der Waals surface area contributed by atoms with Crippen molar-refractivity contribution in [2.45, 2.75) is 36.7 Å². The Balaban J connectivity index is 1.26. The summed E-state index contributed by atoms with van der Waals surface area (Å²) in [4.78, 5) is 6.10. The van der Waals surface area contributed by atoms with Crippen LogP contribution in [0.4, 0.5) is 0 Å². The first-order chi connectivity index (χ1) is 13.3. The van der Waals surface area contributed by atoms with Crippen LogP contribution in [0.2, 0.25) is 0 Å². The van der Waals surface area contributed by atoms with Crippen LogP contribution < -0.4 is 4.74 Å². The number of methoxy groups -OCH3 is 1. The molecule has 4 nitrogen and oxygen atoms in total. The molecule has 3 aliphatic rings. The number of benzene rings is 1. The zero-order chi connectivity index (χ0) is 18.5. The smallest absolute Gasteiger partial charge is 0.133 e. The fourth-order valence-electron chi connectivity index (χ4n) is 3.86. The largest absolute Gasteiger partial charge is 0.501 e. The Morgan fingerprint density at radius 3 is 3.22 bits per heavy atom. The average molecular weight is 386 g/mol. The van der Waals surface area contributed by atoms with Gasteiger partial charge >= 0.3 is 0 Å². The summed E-state index contributed by atoms with van der Waals surface area (Å²) in [7, 11) is 1.73. The second-order valence-electron chi connectivity index (χ2n) is 7.09. The molecule has 1 aliphatic carbocycles. The number of thioether (sulfide) groups is 1. The highest BCUT2D eigenvalue weighted by Gasteiger charge is 2.32. The number of rotatable bonds is 6. The molecule has 0 saturated carbocycles. The molecule has 1 fully saturated rings. The summed E-state index contributed by atoms with van der Waals surface area (Å²) in [6.07, 6.45) is 10.5. The quantitative estimate of drug-likeness (QED) is 0.679. The third kappa shape index (κ3) is 4.41. The van der Waals surface area contributed by atoms with Crippen LogP contribution in [0, 0.1) is 5.92 Å². The van der Waals surface area contributed by atoms with Gasteiger partial charge in [0.25, 0.3) is 0 Å². The maximum atomic E-state index is 6.05. The molecule has 2 heterocycles. The van der Waals surface area contributed by atoms with Gasteiger partial charge in [-0.15, -0.1) is 11.8 Å². The van der Waals surface area contributed by atoms with E-state index < -0.39 is 0 Å². The van der Waals surface area contributed by atoms with Crippen LogP contribution in [0.3, 0.4) is 0 Å². The maximum Gasteiger partial charge on any atom is 0.133 e. The first-order valence-corrected chi connectivity index (χ1v) is 10.8. The van der Waals surface area contributed by atoms with Gasteiger partial charge in [0.05, 0.1) is 37.2 Å². The minimum atomic E-state index is 0.119. The van der Waals surface area contributed by atoms with E-state index in [-0.39, 0.29) is 12.0 Å². The van der Waals surface area contributed by atoms with Gasteiger partial charge in [-0.05, 0) is 36.3 Å². The first kappa shape index (κ1) is 18.6. The Labute approximate surface area is 165 Å². The standard InChI is InChI=1S/C22H27NO3S/c1-24-19-8-3-9-20-18(19)14-17(15-26-20)23-11-5-12-25-21-10-2-6-16-7-4-13-27-22(16)21/h2-3,6,8-10,18,20H,4-5,7,11-15H2,1H3. The molecular weight excluding hydrogens is 358 g/mol. The van der Waals surface area contributed by atoms with E-state index >= 15 is 0 Å². The zero-order valence-corrected chi connectivity index (χ0v) is 16.7. The molecule has 2 atom stereocenters. The Kier molecular flexibility index (Phi) is 6.20. The van der Waals surface area contributed by atoms with Gasteiger partial charge in [0.1, 0.15) is 11.5 Å². The van der Waals surface area contributed by atoms with Gasteiger partial charge in [0.15, 0.2) is 0 Å². The third-order valence-electron chi connectivity index (χ3n) is 5.25. The van der Waals surface area contributed by atoms with E-state index in [9.17, 15) is 0 Å². The summed E-state index contributed by atoms with van der Waals surface area (Å²) < 4.78 is 17.5. The van der Waals surface area contributed by atoms with Crippen molar-refractivity contribution in [1.29, 1.82) is 0 Å². The van der Waals surface area contributed by atoms with Crippen LogP contribution in [0.25, 0.3) is 0 Å². The molecule has 1 saturated heterocycles. The highest BCUT2D eigenvalue weighted by Crippen LogP contribution is 2.37. The number of hydrogen-bond acceptors (Lipinski definition) is 5. The lowest BCUT2D eigenvalue weighted by Crippen LogP contribution is -2.36. The minimum absolute atomic E-state index is 0.119. The molecule has 0 N–H and O–H groups in total. The molecule has 0 spiro atoms. The van der Waals surface area contributed by atoms with Crippen LogP contribution in [0.5, 0.6) is 5.75 Å². The molecule has 2 aliphatic heterocycles. The summed E-state index contributed by atoms with van der Waals surface area (Å²) in [6, 6.07) is 6.42. The van der Waals surface area contributed by atoms with Gasteiger partial charge < -0.3 is 14.2 Å². The van der Waals surface area contributed by atoms with E-state index in [1.807, 2.05) is 23.9 Å². The Bertz CT molecular complexity index is 756. The Hall–Kier alpha value is -1.72. The predicted octanol–water partition coefficient (Wildman–Crippen LogP) is 4.44. The number of nitrogens with zero attached hydrogens (tertiary/aromatic N) is 1. The maximum absolute atomic E-state index is 6.05. The molecule has 1 aromatic carbocycles. The molecular formula is C22H27NO3S. The highest BCUT2D eigenvalue weighted by atomic mass is 32.2. The van der Waals surface area contributed by atoms with E-state index in [1.165, 1.54) is 29.1 Å². The highest BCUT2D eigenvalue weighted by molar-refractivity contribution is 7.99. The van der Waals surface area contributed by atoms with Crippen LogP contribution in [-0.2, 0) is 15.9 Å². The lowest BCUT2D eigenvalue weighted by atomic mass is 9.88. The average Bonchev–Trinajstić information content (AvgIpc) is 2.73. The van der Waals surface area contributed by atoms with Crippen molar-refractivity contribution in [3.05, 3.63) is 47.7 Å². The number of aryl methyl sites for hydroxylation is 1. The first-order valence-electron chi connectivity index (χ1n) is 9.79. The van der Waals surface area contributed by atoms with Crippen LogP contribution in [0.15, 0.2) is 52.1 Å². The molecule has 27 heavy (non-hydrogen) atoms. The van der Waals surface area contributed by atoms with Crippen molar-refractivity contribution in [1.82, 2.24) is 0 Å². The Morgan fingerprint density at radius 1 is 1.33 bits per heavy atom. The van der Waals surface area contributed by atoms with E-state index in [4.69, 9.17) is 19.2 Å². The molecule has 5 heteroatoms. The monoisotopic (exact) mass is 385 g/mol. The topological polar surface area (TPSA) is 40.0 Å². The molecule has 1 aromatic rings. The number of fused-ring (bicyclic) bond motifs is 2. The van der Waals surface area contributed by atoms with Crippen molar-refractivity contribution < 1.29 is 14.2 Å². The summed E-state index contributed by atoms with van der Waals surface area (Å²) >= 11 is 1.92. The minimum Gasteiger partial charge on any atom is -0.501 e. The van der Waals surface area contributed by atoms with Gasteiger partial charge in [-0.2, -0.15) is 0 Å².